The first-order valence-corrected chi connectivity index (χ1v) is 7.07. The standard InChI is InChI=1S/C13H15N3O2S/c1-18-12-7-15(13(17)10-3-5-19-9-10)6-11-2-4-14-16(11)8-12/h2-5,9,12H,6-8H2,1H3. The molecule has 3 heterocycles. The first-order chi connectivity index (χ1) is 9.28. The van der Waals surface area contributed by atoms with Crippen LogP contribution in [0, 0.1) is 0 Å². The minimum Gasteiger partial charge on any atom is -0.378 e. The third-order valence-electron chi connectivity index (χ3n) is 3.35. The number of carbonyl (C=O) groups excluding carboxylic acids is 1. The van der Waals surface area contributed by atoms with E-state index in [1.54, 1.807) is 13.3 Å². The fourth-order valence-corrected chi connectivity index (χ4v) is 2.92. The molecule has 1 aliphatic heterocycles. The number of carbonyl (C=O) groups is 1. The lowest BCUT2D eigenvalue weighted by Crippen LogP contribution is -2.36. The Hall–Kier alpha value is -1.66. The Morgan fingerprint density at radius 1 is 1.47 bits per heavy atom. The van der Waals surface area contributed by atoms with Crippen LogP contribution in [0.1, 0.15) is 16.1 Å². The zero-order valence-corrected chi connectivity index (χ0v) is 11.5. The van der Waals surface area contributed by atoms with Gasteiger partial charge in [-0.25, -0.2) is 0 Å². The zero-order valence-electron chi connectivity index (χ0n) is 10.7. The van der Waals surface area contributed by atoms with E-state index in [1.807, 2.05) is 32.5 Å². The summed E-state index contributed by atoms with van der Waals surface area (Å²) in [6, 6.07) is 3.81. The summed E-state index contributed by atoms with van der Waals surface area (Å²) in [7, 11) is 1.67. The maximum absolute atomic E-state index is 12.5. The Bertz CT molecular complexity index is 564. The number of aromatic nitrogens is 2. The SMILES string of the molecule is COC1CN(C(=O)c2ccsc2)Cc2ccnn2C1. The van der Waals surface area contributed by atoms with E-state index in [1.165, 1.54) is 11.3 Å². The molecule has 1 unspecified atom stereocenters. The minimum absolute atomic E-state index is 0.0243. The number of methoxy groups -OCH3 is 1. The molecule has 100 valence electrons. The molecule has 2 aromatic rings. The molecule has 0 spiro atoms. The highest BCUT2D eigenvalue weighted by Crippen LogP contribution is 2.17. The highest BCUT2D eigenvalue weighted by atomic mass is 32.1. The van der Waals surface area contributed by atoms with Crippen molar-refractivity contribution in [3.8, 4) is 0 Å². The monoisotopic (exact) mass is 277 g/mol. The average Bonchev–Trinajstić information content (AvgIpc) is 3.06. The van der Waals surface area contributed by atoms with Gasteiger partial charge < -0.3 is 9.64 Å². The van der Waals surface area contributed by atoms with Crippen LogP contribution in [0.4, 0.5) is 0 Å². The summed E-state index contributed by atoms with van der Waals surface area (Å²) in [5.41, 5.74) is 1.79. The number of hydrogen-bond donors (Lipinski definition) is 0. The average molecular weight is 277 g/mol. The van der Waals surface area contributed by atoms with Gasteiger partial charge in [0, 0.05) is 25.2 Å². The summed E-state index contributed by atoms with van der Waals surface area (Å²) in [6.07, 6.45) is 1.74. The molecular weight excluding hydrogens is 262 g/mol. The van der Waals surface area contributed by atoms with Gasteiger partial charge in [-0.05, 0) is 17.5 Å². The minimum atomic E-state index is -0.0243. The zero-order chi connectivity index (χ0) is 13.2. The molecule has 0 bridgehead atoms. The summed E-state index contributed by atoms with van der Waals surface area (Å²) < 4.78 is 7.35. The maximum atomic E-state index is 12.5. The van der Waals surface area contributed by atoms with E-state index in [4.69, 9.17) is 4.74 Å². The van der Waals surface area contributed by atoms with E-state index < -0.39 is 0 Å². The largest absolute Gasteiger partial charge is 0.378 e. The number of ether oxygens (including phenoxy) is 1. The number of thiophene rings is 1. The molecule has 6 heteroatoms. The second-order valence-corrected chi connectivity index (χ2v) is 5.34. The second kappa shape index (κ2) is 5.14. The summed E-state index contributed by atoms with van der Waals surface area (Å²) in [6.45, 7) is 1.86. The molecule has 0 radical (unpaired) electrons. The number of hydrogen-bond acceptors (Lipinski definition) is 4. The number of amides is 1. The van der Waals surface area contributed by atoms with Crippen LogP contribution in [0.2, 0.25) is 0 Å². The Balaban J connectivity index is 1.87. The van der Waals surface area contributed by atoms with Gasteiger partial charge >= 0.3 is 0 Å². The predicted molar refractivity (Wildman–Crippen MR) is 72.1 cm³/mol. The second-order valence-electron chi connectivity index (χ2n) is 4.56. The number of fused-ring (bicyclic) bond motifs is 1. The highest BCUT2D eigenvalue weighted by Gasteiger charge is 2.26. The molecule has 0 saturated carbocycles. The Kier molecular flexibility index (Phi) is 3.35. The number of nitrogens with zero attached hydrogens (tertiary/aromatic N) is 3. The van der Waals surface area contributed by atoms with E-state index in [2.05, 4.69) is 5.10 Å². The van der Waals surface area contributed by atoms with Gasteiger partial charge in [0.2, 0.25) is 0 Å². The lowest BCUT2D eigenvalue weighted by molar-refractivity contribution is 0.0450. The van der Waals surface area contributed by atoms with Crippen LogP contribution >= 0.6 is 11.3 Å². The predicted octanol–water partition coefficient (Wildman–Crippen LogP) is 1.62. The van der Waals surface area contributed by atoms with Crippen molar-refractivity contribution in [2.24, 2.45) is 0 Å². The molecule has 1 aliphatic rings. The smallest absolute Gasteiger partial charge is 0.255 e. The molecule has 0 aliphatic carbocycles. The van der Waals surface area contributed by atoms with Gasteiger partial charge in [-0.3, -0.25) is 9.48 Å². The maximum Gasteiger partial charge on any atom is 0.255 e. The molecular formula is C13H15N3O2S. The van der Waals surface area contributed by atoms with Crippen LogP contribution in [-0.4, -0.2) is 40.3 Å². The third-order valence-corrected chi connectivity index (χ3v) is 4.03. The lowest BCUT2D eigenvalue weighted by Gasteiger charge is -2.22. The van der Waals surface area contributed by atoms with Gasteiger partial charge in [-0.15, -0.1) is 0 Å². The van der Waals surface area contributed by atoms with Crippen molar-refractivity contribution in [3.05, 3.63) is 40.3 Å². The van der Waals surface area contributed by atoms with Crippen LogP contribution in [0.3, 0.4) is 0 Å². The summed E-state index contributed by atoms with van der Waals surface area (Å²) >= 11 is 1.53. The topological polar surface area (TPSA) is 47.4 Å². The molecule has 1 amide bonds. The molecule has 3 rings (SSSR count). The molecule has 0 aromatic carbocycles. The van der Waals surface area contributed by atoms with Crippen LogP contribution in [0.5, 0.6) is 0 Å². The van der Waals surface area contributed by atoms with Crippen molar-refractivity contribution >= 4 is 17.2 Å². The van der Waals surface area contributed by atoms with E-state index >= 15 is 0 Å². The van der Waals surface area contributed by atoms with E-state index in [0.29, 0.717) is 19.6 Å². The van der Waals surface area contributed by atoms with E-state index in [-0.39, 0.29) is 12.0 Å². The fraction of sp³-hybridized carbons (Fsp3) is 0.385. The number of rotatable bonds is 2. The Labute approximate surface area is 115 Å². The summed E-state index contributed by atoms with van der Waals surface area (Å²) in [4.78, 5) is 14.3. The Morgan fingerprint density at radius 3 is 3.11 bits per heavy atom. The quantitative estimate of drug-likeness (QED) is 0.838. The van der Waals surface area contributed by atoms with Crippen molar-refractivity contribution in [1.82, 2.24) is 14.7 Å². The van der Waals surface area contributed by atoms with Crippen LogP contribution in [0.25, 0.3) is 0 Å². The van der Waals surface area contributed by atoms with Gasteiger partial charge in [0.15, 0.2) is 0 Å². The van der Waals surface area contributed by atoms with Gasteiger partial charge in [-0.1, -0.05) is 0 Å². The van der Waals surface area contributed by atoms with Crippen molar-refractivity contribution < 1.29 is 9.53 Å². The van der Waals surface area contributed by atoms with Gasteiger partial charge in [-0.2, -0.15) is 16.4 Å². The first-order valence-electron chi connectivity index (χ1n) is 6.13. The molecule has 0 fully saturated rings. The lowest BCUT2D eigenvalue weighted by atomic mass is 10.2. The highest BCUT2D eigenvalue weighted by molar-refractivity contribution is 7.08. The van der Waals surface area contributed by atoms with Crippen molar-refractivity contribution in [2.75, 3.05) is 13.7 Å². The van der Waals surface area contributed by atoms with Crippen molar-refractivity contribution in [3.63, 3.8) is 0 Å². The van der Waals surface area contributed by atoms with Crippen LogP contribution in [-0.2, 0) is 17.8 Å². The van der Waals surface area contributed by atoms with Crippen LogP contribution in [0.15, 0.2) is 29.1 Å². The molecule has 1 atom stereocenters. The fourth-order valence-electron chi connectivity index (χ4n) is 2.29. The Morgan fingerprint density at radius 2 is 2.37 bits per heavy atom. The normalized spacial score (nSPS) is 19.0. The molecule has 19 heavy (non-hydrogen) atoms. The third kappa shape index (κ3) is 2.41. The first kappa shape index (κ1) is 12.4. The van der Waals surface area contributed by atoms with Gasteiger partial charge in [0.1, 0.15) is 0 Å². The summed E-state index contributed by atoms with van der Waals surface area (Å²) in [5.74, 6) is 0.0537. The molecule has 0 N–H and O–H groups in total. The van der Waals surface area contributed by atoms with E-state index in [9.17, 15) is 4.79 Å². The van der Waals surface area contributed by atoms with Gasteiger partial charge in [0.25, 0.3) is 5.91 Å². The van der Waals surface area contributed by atoms with Crippen LogP contribution < -0.4 is 0 Å². The van der Waals surface area contributed by atoms with E-state index in [0.717, 1.165) is 11.3 Å². The van der Waals surface area contributed by atoms with Gasteiger partial charge in [0.05, 0.1) is 30.5 Å². The van der Waals surface area contributed by atoms with Crippen molar-refractivity contribution in [1.29, 1.82) is 0 Å². The molecule has 0 saturated heterocycles. The molecule has 2 aromatic heterocycles. The summed E-state index contributed by atoms with van der Waals surface area (Å²) in [5, 5.41) is 8.07. The molecule has 5 nitrogen and oxygen atoms in total. The van der Waals surface area contributed by atoms with Crippen molar-refractivity contribution in [2.45, 2.75) is 19.2 Å².